The molecular weight excluding hydrogens is 493 g/mol. The van der Waals surface area contributed by atoms with E-state index in [0.29, 0.717) is 42.7 Å². The van der Waals surface area contributed by atoms with Gasteiger partial charge in [0.1, 0.15) is 12.4 Å². The highest BCUT2D eigenvalue weighted by Gasteiger charge is 2.24. The van der Waals surface area contributed by atoms with Gasteiger partial charge < -0.3 is 14.8 Å². The number of rotatable bonds is 6. The number of nitriles is 1. The predicted molar refractivity (Wildman–Crippen MR) is 136 cm³/mol. The zero-order chi connectivity index (χ0) is 24.1. The smallest absolute Gasteiger partial charge is 0.264 e. The first kappa shape index (κ1) is 23.7. The van der Waals surface area contributed by atoms with Crippen molar-refractivity contribution < 1.29 is 14.3 Å². The Kier molecular flexibility index (Phi) is 7.43. The number of aliphatic imine (C=N–C) groups is 1. The van der Waals surface area contributed by atoms with Crippen LogP contribution >= 0.6 is 35.0 Å². The summed E-state index contributed by atoms with van der Waals surface area (Å²) in [6.45, 7) is 0.146. The number of nitrogens with zero attached hydrogens (tertiary/aromatic N) is 2. The van der Waals surface area contributed by atoms with Gasteiger partial charge in [0.15, 0.2) is 10.9 Å². The lowest BCUT2D eigenvalue weighted by Gasteiger charge is -2.12. The fourth-order valence-electron chi connectivity index (χ4n) is 3.11. The molecule has 0 atom stereocenters. The van der Waals surface area contributed by atoms with Crippen molar-refractivity contribution in [3.63, 3.8) is 0 Å². The fourth-order valence-corrected chi connectivity index (χ4v) is 4.57. The van der Waals surface area contributed by atoms with Crippen molar-refractivity contribution in [3.8, 4) is 17.6 Å². The van der Waals surface area contributed by atoms with Crippen molar-refractivity contribution in [2.24, 2.45) is 4.99 Å². The monoisotopic (exact) mass is 509 g/mol. The van der Waals surface area contributed by atoms with Gasteiger partial charge in [0.2, 0.25) is 0 Å². The lowest BCUT2D eigenvalue weighted by molar-refractivity contribution is -0.115. The summed E-state index contributed by atoms with van der Waals surface area (Å²) in [4.78, 5) is 17.3. The summed E-state index contributed by atoms with van der Waals surface area (Å²) in [5.74, 6) is 0.768. The summed E-state index contributed by atoms with van der Waals surface area (Å²) < 4.78 is 10.9. The molecule has 1 amide bonds. The molecule has 3 aromatic rings. The highest BCUT2D eigenvalue weighted by atomic mass is 35.5. The van der Waals surface area contributed by atoms with Crippen molar-refractivity contribution in [1.29, 1.82) is 5.26 Å². The molecule has 0 spiro atoms. The minimum atomic E-state index is -0.266. The molecule has 1 saturated heterocycles. The van der Waals surface area contributed by atoms with E-state index < -0.39 is 0 Å². The summed E-state index contributed by atoms with van der Waals surface area (Å²) in [7, 11) is 1.59. The molecular formula is C25H17Cl2N3O3S. The summed E-state index contributed by atoms with van der Waals surface area (Å²) in [6, 6.07) is 19.8. The second-order valence-electron chi connectivity index (χ2n) is 7.05. The zero-order valence-corrected chi connectivity index (χ0v) is 20.2. The van der Waals surface area contributed by atoms with Crippen LogP contribution in [0.1, 0.15) is 16.7 Å². The first-order valence-corrected chi connectivity index (χ1v) is 11.6. The minimum Gasteiger partial charge on any atom is -0.497 e. The van der Waals surface area contributed by atoms with Crippen LogP contribution in [0.25, 0.3) is 6.08 Å². The summed E-state index contributed by atoms with van der Waals surface area (Å²) in [5.41, 5.74) is 2.58. The van der Waals surface area contributed by atoms with E-state index in [0.717, 1.165) is 11.3 Å². The molecule has 0 radical (unpaired) electrons. The van der Waals surface area contributed by atoms with Crippen LogP contribution in [-0.2, 0) is 11.4 Å². The van der Waals surface area contributed by atoms with Gasteiger partial charge in [-0.05, 0) is 65.9 Å². The Morgan fingerprint density at radius 1 is 1.12 bits per heavy atom. The molecule has 1 aliphatic rings. The van der Waals surface area contributed by atoms with E-state index in [1.807, 2.05) is 6.07 Å². The molecule has 9 heteroatoms. The second kappa shape index (κ2) is 10.7. The number of halogens is 2. The van der Waals surface area contributed by atoms with Crippen molar-refractivity contribution >= 4 is 57.8 Å². The Labute approximate surface area is 210 Å². The largest absolute Gasteiger partial charge is 0.497 e. The fraction of sp³-hybridized carbons (Fsp3) is 0.0800. The van der Waals surface area contributed by atoms with Gasteiger partial charge in [-0.25, -0.2) is 4.99 Å². The molecule has 6 nitrogen and oxygen atoms in total. The minimum absolute atomic E-state index is 0.146. The molecule has 170 valence electrons. The number of methoxy groups -OCH3 is 1. The van der Waals surface area contributed by atoms with E-state index >= 15 is 0 Å². The maximum atomic E-state index is 12.4. The second-order valence-corrected chi connectivity index (χ2v) is 8.90. The summed E-state index contributed by atoms with van der Waals surface area (Å²) >= 11 is 14.0. The van der Waals surface area contributed by atoms with Gasteiger partial charge in [-0.3, -0.25) is 4.79 Å². The van der Waals surface area contributed by atoms with E-state index in [9.17, 15) is 10.1 Å². The zero-order valence-electron chi connectivity index (χ0n) is 17.8. The molecule has 3 aromatic carbocycles. The van der Waals surface area contributed by atoms with Gasteiger partial charge >= 0.3 is 0 Å². The van der Waals surface area contributed by atoms with Crippen LogP contribution in [0.3, 0.4) is 0 Å². The van der Waals surface area contributed by atoms with Crippen molar-refractivity contribution in [2.75, 3.05) is 7.11 Å². The Morgan fingerprint density at radius 2 is 1.82 bits per heavy atom. The maximum absolute atomic E-state index is 12.4. The number of ether oxygens (including phenoxy) is 2. The normalized spacial score (nSPS) is 15.3. The average Bonchev–Trinajstić information content (AvgIpc) is 3.17. The van der Waals surface area contributed by atoms with Crippen molar-refractivity contribution in [3.05, 3.63) is 92.3 Å². The van der Waals surface area contributed by atoms with E-state index in [2.05, 4.69) is 16.4 Å². The number of thioether (sulfide) groups is 1. The number of amidine groups is 1. The van der Waals surface area contributed by atoms with Crippen LogP contribution in [0.2, 0.25) is 10.0 Å². The predicted octanol–water partition coefficient (Wildman–Crippen LogP) is 6.34. The van der Waals surface area contributed by atoms with Crippen LogP contribution in [0.5, 0.6) is 11.5 Å². The van der Waals surface area contributed by atoms with Crippen LogP contribution < -0.4 is 14.8 Å². The van der Waals surface area contributed by atoms with E-state index in [4.69, 9.17) is 32.7 Å². The molecule has 34 heavy (non-hydrogen) atoms. The number of hydrogen-bond acceptors (Lipinski definition) is 6. The number of carbonyl (C=O) groups is 1. The van der Waals surface area contributed by atoms with Gasteiger partial charge in [0.05, 0.1) is 39.4 Å². The Balaban J connectivity index is 1.50. The molecule has 0 aliphatic carbocycles. The number of nitrogens with one attached hydrogen (secondary N) is 1. The highest BCUT2D eigenvalue weighted by molar-refractivity contribution is 8.18. The number of benzene rings is 3. The lowest BCUT2D eigenvalue weighted by atomic mass is 10.1. The van der Waals surface area contributed by atoms with Gasteiger partial charge in [-0.2, -0.15) is 5.26 Å². The first-order valence-electron chi connectivity index (χ1n) is 10.0. The molecule has 1 N–H and O–H groups in total. The van der Waals surface area contributed by atoms with Crippen molar-refractivity contribution in [2.45, 2.75) is 6.61 Å². The van der Waals surface area contributed by atoms with Crippen molar-refractivity contribution in [1.82, 2.24) is 5.32 Å². The average molecular weight is 510 g/mol. The van der Waals surface area contributed by atoms with Gasteiger partial charge in [-0.1, -0.05) is 41.4 Å². The molecule has 0 aromatic heterocycles. The topological polar surface area (TPSA) is 83.7 Å². The molecule has 0 unspecified atom stereocenters. The Hall–Kier alpha value is -3.44. The van der Waals surface area contributed by atoms with Gasteiger partial charge in [-0.15, -0.1) is 0 Å². The molecule has 4 rings (SSSR count). The summed E-state index contributed by atoms with van der Waals surface area (Å²) in [5, 5.41) is 13.0. The Morgan fingerprint density at radius 3 is 2.50 bits per heavy atom. The molecule has 1 aliphatic heterocycles. The Bertz CT molecular complexity index is 1330. The molecule has 0 bridgehead atoms. The first-order chi connectivity index (χ1) is 16.5. The quantitative estimate of drug-likeness (QED) is 0.391. The molecule has 1 heterocycles. The van der Waals surface area contributed by atoms with Gasteiger partial charge in [0.25, 0.3) is 5.91 Å². The number of hydrogen-bond donors (Lipinski definition) is 1. The SMILES string of the molecule is COc1ccc(N=C2NC(=O)/C(=C\c3cc(Cl)c(OCc4ccccc4C#N)c(Cl)c3)S2)cc1. The van der Waals surface area contributed by atoms with Crippen LogP contribution in [0.15, 0.2) is 70.6 Å². The highest BCUT2D eigenvalue weighted by Crippen LogP contribution is 2.37. The van der Waals surface area contributed by atoms with E-state index in [1.165, 1.54) is 11.8 Å². The van der Waals surface area contributed by atoms with Crippen LogP contribution in [-0.4, -0.2) is 18.2 Å². The third kappa shape index (κ3) is 5.54. The maximum Gasteiger partial charge on any atom is 0.264 e. The standard InChI is InChI=1S/C25H17Cl2N3O3S/c1-32-19-8-6-18(7-9-19)29-25-30-24(31)22(34-25)12-15-10-20(26)23(21(27)11-15)33-14-17-5-3-2-4-16(17)13-28/h2-12H,14H2,1H3,(H,29,30,31)/b22-12+. The third-order valence-corrected chi connectivity index (χ3v) is 6.25. The van der Waals surface area contributed by atoms with E-state index in [-0.39, 0.29) is 12.5 Å². The molecule has 0 saturated carbocycles. The van der Waals surface area contributed by atoms with Gasteiger partial charge in [0, 0.05) is 5.56 Å². The van der Waals surface area contributed by atoms with Crippen LogP contribution in [0, 0.1) is 11.3 Å². The molecule has 1 fully saturated rings. The summed E-state index contributed by atoms with van der Waals surface area (Å²) in [6.07, 6.45) is 1.68. The third-order valence-electron chi connectivity index (χ3n) is 4.78. The number of amides is 1. The number of carbonyl (C=O) groups excluding carboxylic acids is 1. The van der Waals surface area contributed by atoms with Crippen LogP contribution in [0.4, 0.5) is 5.69 Å². The van der Waals surface area contributed by atoms with E-state index in [1.54, 1.807) is 67.8 Å². The lowest BCUT2D eigenvalue weighted by Crippen LogP contribution is -2.19.